The van der Waals surface area contributed by atoms with Crippen molar-refractivity contribution in [2.75, 3.05) is 25.0 Å². The maximum Gasteiger partial charge on any atom is 0.417 e. The standard InChI is InChI=1S/C14H18F3N3O/c15-14(16,17)11-4-5-12(19-10-11)18-7-6-13(21)20-8-2-1-3-9-20/h4-5,10H,1-3,6-9H2,(H,18,19). The Balaban J connectivity index is 1.76. The van der Waals surface area contributed by atoms with Crippen molar-refractivity contribution in [3.05, 3.63) is 23.9 Å². The monoisotopic (exact) mass is 301 g/mol. The first kappa shape index (κ1) is 15.6. The van der Waals surface area contributed by atoms with Crippen molar-refractivity contribution in [3.63, 3.8) is 0 Å². The van der Waals surface area contributed by atoms with Gasteiger partial charge in [-0.2, -0.15) is 13.2 Å². The summed E-state index contributed by atoms with van der Waals surface area (Å²) in [6.07, 6.45) is -0.0238. The Morgan fingerprint density at radius 3 is 2.52 bits per heavy atom. The maximum absolute atomic E-state index is 12.4. The molecule has 0 aliphatic carbocycles. The lowest BCUT2D eigenvalue weighted by Crippen LogP contribution is -2.36. The quantitative estimate of drug-likeness (QED) is 0.930. The third kappa shape index (κ3) is 4.61. The van der Waals surface area contributed by atoms with Crippen molar-refractivity contribution in [3.8, 4) is 0 Å². The van der Waals surface area contributed by atoms with E-state index in [1.54, 1.807) is 0 Å². The molecule has 1 N–H and O–H groups in total. The van der Waals surface area contributed by atoms with Crippen molar-refractivity contribution in [2.24, 2.45) is 0 Å². The van der Waals surface area contributed by atoms with Crippen molar-refractivity contribution < 1.29 is 18.0 Å². The second-order valence-corrected chi connectivity index (χ2v) is 5.05. The van der Waals surface area contributed by atoms with E-state index in [0.717, 1.165) is 44.6 Å². The van der Waals surface area contributed by atoms with Gasteiger partial charge in [-0.1, -0.05) is 0 Å². The average molecular weight is 301 g/mol. The van der Waals surface area contributed by atoms with Crippen molar-refractivity contribution in [2.45, 2.75) is 31.9 Å². The Labute approximate surface area is 121 Å². The molecule has 1 fully saturated rings. The zero-order valence-electron chi connectivity index (χ0n) is 11.6. The van der Waals surface area contributed by atoms with Crippen LogP contribution in [-0.2, 0) is 11.0 Å². The van der Waals surface area contributed by atoms with E-state index in [4.69, 9.17) is 0 Å². The van der Waals surface area contributed by atoms with E-state index < -0.39 is 11.7 Å². The topological polar surface area (TPSA) is 45.2 Å². The van der Waals surface area contributed by atoms with Crippen LogP contribution in [0.15, 0.2) is 18.3 Å². The van der Waals surface area contributed by atoms with Gasteiger partial charge in [0.15, 0.2) is 0 Å². The average Bonchev–Trinajstić information content (AvgIpc) is 2.47. The first-order valence-corrected chi connectivity index (χ1v) is 7.02. The van der Waals surface area contributed by atoms with E-state index in [9.17, 15) is 18.0 Å². The van der Waals surface area contributed by atoms with Crippen LogP contribution in [0.5, 0.6) is 0 Å². The number of nitrogens with zero attached hydrogens (tertiary/aromatic N) is 2. The number of alkyl halides is 3. The number of halogens is 3. The first-order chi connectivity index (χ1) is 9.97. The van der Waals surface area contributed by atoms with E-state index in [2.05, 4.69) is 10.3 Å². The number of piperidine rings is 1. The first-order valence-electron chi connectivity index (χ1n) is 7.02. The molecule has 116 valence electrons. The predicted octanol–water partition coefficient (Wildman–Crippen LogP) is 2.91. The molecule has 2 heterocycles. The summed E-state index contributed by atoms with van der Waals surface area (Å²) in [5.41, 5.74) is -0.780. The fourth-order valence-corrected chi connectivity index (χ4v) is 2.27. The van der Waals surface area contributed by atoms with E-state index in [-0.39, 0.29) is 5.91 Å². The van der Waals surface area contributed by atoms with Crippen LogP contribution in [0.4, 0.5) is 19.0 Å². The second kappa shape index (κ2) is 6.78. The Hall–Kier alpha value is -1.79. The zero-order valence-corrected chi connectivity index (χ0v) is 11.6. The summed E-state index contributed by atoms with van der Waals surface area (Å²) < 4.78 is 37.1. The molecule has 1 aliphatic rings. The number of carbonyl (C=O) groups excluding carboxylic acids is 1. The molecular weight excluding hydrogens is 283 g/mol. The minimum absolute atomic E-state index is 0.0779. The Morgan fingerprint density at radius 2 is 1.95 bits per heavy atom. The molecule has 1 saturated heterocycles. The van der Waals surface area contributed by atoms with E-state index >= 15 is 0 Å². The third-order valence-electron chi connectivity index (χ3n) is 3.44. The van der Waals surface area contributed by atoms with Gasteiger partial charge in [0.2, 0.25) is 5.91 Å². The number of pyridine rings is 1. The minimum atomic E-state index is -4.38. The molecular formula is C14H18F3N3O. The lowest BCUT2D eigenvalue weighted by Gasteiger charge is -2.26. The summed E-state index contributed by atoms with van der Waals surface area (Å²) in [7, 11) is 0. The molecule has 0 aromatic carbocycles. The van der Waals surface area contributed by atoms with Crippen molar-refractivity contribution in [1.29, 1.82) is 0 Å². The van der Waals surface area contributed by atoms with Gasteiger partial charge < -0.3 is 10.2 Å². The highest BCUT2D eigenvalue weighted by Gasteiger charge is 2.30. The largest absolute Gasteiger partial charge is 0.417 e. The molecule has 4 nitrogen and oxygen atoms in total. The van der Waals surface area contributed by atoms with Gasteiger partial charge in [0.05, 0.1) is 5.56 Å². The zero-order chi connectivity index (χ0) is 15.3. The fourth-order valence-electron chi connectivity index (χ4n) is 2.27. The van der Waals surface area contributed by atoms with Gasteiger partial charge >= 0.3 is 6.18 Å². The van der Waals surface area contributed by atoms with Crippen LogP contribution < -0.4 is 5.32 Å². The number of aromatic nitrogens is 1. The summed E-state index contributed by atoms with van der Waals surface area (Å²) in [6.45, 7) is 1.97. The maximum atomic E-state index is 12.4. The lowest BCUT2D eigenvalue weighted by molar-refractivity contribution is -0.137. The van der Waals surface area contributed by atoms with Crippen LogP contribution in [-0.4, -0.2) is 35.4 Å². The van der Waals surface area contributed by atoms with Crippen molar-refractivity contribution >= 4 is 11.7 Å². The number of hydrogen-bond acceptors (Lipinski definition) is 3. The molecule has 1 aromatic rings. The Kier molecular flexibility index (Phi) is 5.03. The number of hydrogen-bond donors (Lipinski definition) is 1. The molecule has 0 atom stereocenters. The molecule has 7 heteroatoms. The van der Waals surface area contributed by atoms with Crippen LogP contribution in [0.25, 0.3) is 0 Å². The van der Waals surface area contributed by atoms with Crippen LogP contribution in [0.2, 0.25) is 0 Å². The Bertz CT molecular complexity index is 467. The molecule has 0 unspecified atom stereocenters. The van der Waals surface area contributed by atoms with Crippen LogP contribution in [0, 0.1) is 0 Å². The highest BCUT2D eigenvalue weighted by molar-refractivity contribution is 5.76. The Morgan fingerprint density at radius 1 is 1.24 bits per heavy atom. The summed E-state index contributed by atoms with van der Waals surface area (Å²) >= 11 is 0. The number of likely N-dealkylation sites (tertiary alicyclic amines) is 1. The van der Waals surface area contributed by atoms with Gasteiger partial charge in [-0.3, -0.25) is 4.79 Å². The van der Waals surface area contributed by atoms with Crippen LogP contribution in [0.1, 0.15) is 31.2 Å². The molecule has 0 spiro atoms. The minimum Gasteiger partial charge on any atom is -0.370 e. The highest BCUT2D eigenvalue weighted by Crippen LogP contribution is 2.28. The summed E-state index contributed by atoms with van der Waals surface area (Å²) in [4.78, 5) is 17.4. The summed E-state index contributed by atoms with van der Waals surface area (Å²) in [5, 5.41) is 2.87. The molecule has 0 saturated carbocycles. The smallest absolute Gasteiger partial charge is 0.370 e. The predicted molar refractivity (Wildman–Crippen MR) is 72.8 cm³/mol. The third-order valence-corrected chi connectivity index (χ3v) is 3.44. The van der Waals surface area contributed by atoms with Crippen LogP contribution >= 0.6 is 0 Å². The van der Waals surface area contributed by atoms with Gasteiger partial charge in [0.25, 0.3) is 0 Å². The SMILES string of the molecule is O=C(CCNc1ccc(C(F)(F)F)cn1)N1CCCCC1. The molecule has 1 amide bonds. The van der Waals surface area contributed by atoms with Crippen molar-refractivity contribution in [1.82, 2.24) is 9.88 Å². The lowest BCUT2D eigenvalue weighted by atomic mass is 10.1. The molecule has 0 radical (unpaired) electrons. The fraction of sp³-hybridized carbons (Fsp3) is 0.571. The molecule has 21 heavy (non-hydrogen) atoms. The number of amides is 1. The van der Waals surface area contributed by atoms with Crippen LogP contribution in [0.3, 0.4) is 0 Å². The van der Waals surface area contributed by atoms with E-state index in [1.807, 2.05) is 4.90 Å². The van der Waals surface area contributed by atoms with Gasteiger partial charge in [-0.25, -0.2) is 4.98 Å². The normalized spacial score (nSPS) is 15.9. The number of carbonyl (C=O) groups is 1. The molecule has 2 rings (SSSR count). The van der Waals surface area contributed by atoms with Gasteiger partial charge in [0, 0.05) is 32.3 Å². The summed E-state index contributed by atoms with van der Waals surface area (Å²) in [5.74, 6) is 0.420. The number of nitrogens with one attached hydrogen (secondary N) is 1. The number of anilines is 1. The van der Waals surface area contributed by atoms with E-state index in [1.165, 1.54) is 6.07 Å². The van der Waals surface area contributed by atoms with Gasteiger partial charge in [-0.15, -0.1) is 0 Å². The second-order valence-electron chi connectivity index (χ2n) is 5.05. The molecule has 0 bridgehead atoms. The van der Waals surface area contributed by atoms with Gasteiger partial charge in [0.1, 0.15) is 5.82 Å². The molecule has 1 aromatic heterocycles. The molecule has 1 aliphatic heterocycles. The van der Waals surface area contributed by atoms with E-state index in [0.29, 0.717) is 18.8 Å². The highest BCUT2D eigenvalue weighted by atomic mass is 19.4. The van der Waals surface area contributed by atoms with Gasteiger partial charge in [-0.05, 0) is 31.4 Å². The summed E-state index contributed by atoms with van der Waals surface area (Å²) in [6, 6.07) is 2.25. The number of rotatable bonds is 4.